The maximum absolute atomic E-state index is 14.3. The fourth-order valence-corrected chi connectivity index (χ4v) is 8.32. The fraction of sp³-hybridized carbons (Fsp3) is 0.740. The Hall–Kier alpha value is -6.83. The van der Waals surface area contributed by atoms with Gasteiger partial charge in [-0.05, 0) is 81.5 Å². The minimum Gasteiger partial charge on any atom is -0.480 e. The van der Waals surface area contributed by atoms with Gasteiger partial charge >= 0.3 is 5.97 Å². The van der Waals surface area contributed by atoms with Gasteiger partial charge in [0.25, 0.3) is 0 Å². The van der Waals surface area contributed by atoms with E-state index in [-0.39, 0.29) is 118 Å². The SMILES string of the molecule is CC[C@H](C)[C@H](NC(=O)[C@H](CCCN=C(N)N)NC(=O)[C@H](CCCN=C(N)N)NC(=O)[C@@H](N)CCCN=C(N)N)C(=O)N[C@@H](CC(C)C)C(=O)N[C@@H](CS)C(=O)N[C@@H](CS)C(=O)N[C@@H](CC(C)C)C(=O)NCC(=O)N[C@@H](CC(C)C)C(=O)O. The topological polar surface area (TPSA) is 518 Å². The lowest BCUT2D eigenvalue weighted by molar-refractivity contribution is -0.142. The molecule has 0 aliphatic carbocycles. The zero-order valence-electron chi connectivity index (χ0n) is 48.6. The van der Waals surface area contributed by atoms with Gasteiger partial charge in [-0.3, -0.25) is 58.1 Å². The molecule has 0 saturated carbocycles. The summed E-state index contributed by atoms with van der Waals surface area (Å²) in [5.74, 6) is -10.3. The number of nitrogens with two attached hydrogens (primary N) is 7. The number of nitrogens with one attached hydrogen (secondary N) is 9. The molecule has 0 radical (unpaired) electrons. The monoisotopic (exact) mass is 1200 g/mol. The minimum atomic E-state index is -1.38. The molecule has 0 aromatic heterocycles. The minimum absolute atomic E-state index is 0.0117. The van der Waals surface area contributed by atoms with Gasteiger partial charge in [0.2, 0.25) is 53.2 Å². The van der Waals surface area contributed by atoms with Gasteiger partial charge < -0.3 is 93.1 Å². The van der Waals surface area contributed by atoms with Crippen molar-refractivity contribution in [3.8, 4) is 0 Å². The van der Waals surface area contributed by atoms with Crippen molar-refractivity contribution in [2.24, 2.45) is 78.8 Å². The normalized spacial score (nSPS) is 14.8. The molecule has 0 heterocycles. The molecule has 468 valence electrons. The highest BCUT2D eigenvalue weighted by Gasteiger charge is 2.36. The number of aliphatic imine (C=N–C) groups is 3. The number of nitrogens with zero attached hydrogens (tertiary/aromatic N) is 3. The van der Waals surface area contributed by atoms with E-state index in [4.69, 9.17) is 40.1 Å². The third-order valence-electron chi connectivity index (χ3n) is 12.3. The van der Waals surface area contributed by atoms with Crippen LogP contribution in [0.3, 0.4) is 0 Å². The average molecular weight is 1200 g/mol. The highest BCUT2D eigenvalue weighted by molar-refractivity contribution is 7.80. The zero-order valence-corrected chi connectivity index (χ0v) is 50.4. The first-order valence-electron chi connectivity index (χ1n) is 27.4. The van der Waals surface area contributed by atoms with Crippen LogP contribution >= 0.6 is 25.3 Å². The summed E-state index contributed by atoms with van der Waals surface area (Å²) < 4.78 is 0. The molecule has 82 heavy (non-hydrogen) atoms. The second-order valence-corrected chi connectivity index (χ2v) is 21.9. The quantitative estimate of drug-likeness (QED) is 0.0119. The standard InChI is InChI=1S/C50H95N19O11S2/c1-9-28(8)38(69-42(74)31(15-12-18-60-50(56)57)64-41(73)30(14-11-17-59-49(54)55)63-39(71)29(51)13-10-16-58-48(52)53)46(78)66-33(20-26(4)5)43(75)67-36(24-82)45(77)68-35(23-81)44(76)65-32(19-25(2)3)40(72)61-22-37(70)62-34(47(79)80)21-27(6)7/h25-36,38,81-82H,9-24,51H2,1-8H3,(H,61,72)(H,62,70)(H,63,71)(H,64,73)(H,65,76)(H,66,78)(H,67,75)(H,68,77)(H,69,74)(H,79,80)(H4,52,53,58)(H4,54,55,59)(H4,56,57,60)/t28-,29-,30-,31-,32-,33-,34-,35-,36-,38-/m0/s1. The maximum Gasteiger partial charge on any atom is 0.326 e. The van der Waals surface area contributed by atoms with Crippen LogP contribution in [0.15, 0.2) is 15.0 Å². The van der Waals surface area contributed by atoms with Gasteiger partial charge in [0, 0.05) is 31.1 Å². The highest BCUT2D eigenvalue weighted by Crippen LogP contribution is 2.14. The van der Waals surface area contributed by atoms with Gasteiger partial charge in [0.05, 0.1) is 12.6 Å². The number of carbonyl (C=O) groups is 10. The summed E-state index contributed by atoms with van der Waals surface area (Å²) in [7, 11) is 0. The van der Waals surface area contributed by atoms with Gasteiger partial charge in [0.1, 0.15) is 48.3 Å². The van der Waals surface area contributed by atoms with Crippen molar-refractivity contribution in [2.45, 2.75) is 174 Å². The number of hydrogen-bond acceptors (Lipinski definition) is 16. The van der Waals surface area contributed by atoms with Gasteiger partial charge in [-0.25, -0.2) is 4.79 Å². The Bertz CT molecular complexity index is 2180. The summed E-state index contributed by atoms with van der Waals surface area (Å²) >= 11 is 8.52. The first-order chi connectivity index (χ1) is 38.4. The van der Waals surface area contributed by atoms with Crippen molar-refractivity contribution in [3.05, 3.63) is 0 Å². The first-order valence-corrected chi connectivity index (χ1v) is 28.7. The number of carbonyl (C=O) groups excluding carboxylic acids is 9. The van der Waals surface area contributed by atoms with E-state index >= 15 is 0 Å². The highest BCUT2D eigenvalue weighted by atomic mass is 32.1. The van der Waals surface area contributed by atoms with Gasteiger partial charge in [-0.15, -0.1) is 0 Å². The summed E-state index contributed by atoms with van der Waals surface area (Å²) in [4.78, 5) is 147. The molecule has 0 bridgehead atoms. The summed E-state index contributed by atoms with van der Waals surface area (Å²) in [5.41, 5.74) is 38.9. The number of guanidine groups is 3. The summed E-state index contributed by atoms with van der Waals surface area (Å²) in [6.07, 6.45) is 1.55. The fourth-order valence-electron chi connectivity index (χ4n) is 7.80. The molecule has 10 atom stereocenters. The molecular formula is C50H95N19O11S2. The lowest BCUT2D eigenvalue weighted by Gasteiger charge is -2.30. The molecule has 32 heteroatoms. The molecule has 0 aliphatic heterocycles. The summed E-state index contributed by atoms with van der Waals surface area (Å²) in [6.45, 7) is 14.0. The van der Waals surface area contributed by atoms with Crippen molar-refractivity contribution in [1.82, 2.24) is 47.9 Å². The van der Waals surface area contributed by atoms with Crippen LogP contribution in [-0.4, -0.2) is 174 Å². The van der Waals surface area contributed by atoms with E-state index in [0.29, 0.717) is 12.8 Å². The number of hydrogen-bond donors (Lipinski definition) is 19. The molecule has 0 aromatic carbocycles. The van der Waals surface area contributed by atoms with Crippen LogP contribution in [0.1, 0.15) is 120 Å². The number of thiol groups is 2. The van der Waals surface area contributed by atoms with Crippen molar-refractivity contribution in [3.63, 3.8) is 0 Å². The Kier molecular flexibility index (Phi) is 37.0. The van der Waals surface area contributed by atoms with Crippen LogP contribution in [0.4, 0.5) is 0 Å². The van der Waals surface area contributed by atoms with E-state index in [1.54, 1.807) is 55.4 Å². The third-order valence-corrected chi connectivity index (χ3v) is 13.1. The van der Waals surface area contributed by atoms with Crippen molar-refractivity contribution < 1.29 is 53.1 Å². The number of rotatable bonds is 41. The Morgan fingerprint density at radius 1 is 0.439 bits per heavy atom. The first kappa shape index (κ1) is 75.2. The number of aliphatic carboxylic acids is 1. The van der Waals surface area contributed by atoms with Crippen LogP contribution < -0.4 is 88.0 Å². The molecule has 0 spiro atoms. The lowest BCUT2D eigenvalue weighted by atomic mass is 9.96. The average Bonchev–Trinajstić information content (AvgIpc) is 3.46. The Morgan fingerprint density at radius 3 is 1.18 bits per heavy atom. The molecule has 24 N–H and O–H groups in total. The van der Waals surface area contributed by atoms with E-state index in [0.717, 1.165) is 0 Å². The Balaban J connectivity index is 6.53. The van der Waals surface area contributed by atoms with Crippen LogP contribution in [0, 0.1) is 23.7 Å². The van der Waals surface area contributed by atoms with Crippen LogP contribution in [0.5, 0.6) is 0 Å². The molecule has 9 amide bonds. The van der Waals surface area contributed by atoms with E-state index in [2.05, 4.69) is 88.1 Å². The molecule has 0 saturated heterocycles. The third kappa shape index (κ3) is 32.0. The molecule has 0 fully saturated rings. The lowest BCUT2D eigenvalue weighted by Crippen LogP contribution is -2.61. The van der Waals surface area contributed by atoms with Crippen molar-refractivity contribution in [1.29, 1.82) is 0 Å². The largest absolute Gasteiger partial charge is 0.480 e. The van der Waals surface area contributed by atoms with E-state index in [9.17, 15) is 53.1 Å². The number of carboxylic acids is 1. The number of amides is 9. The van der Waals surface area contributed by atoms with Crippen molar-refractivity contribution >= 4 is 102 Å². The predicted octanol–water partition coefficient (Wildman–Crippen LogP) is -4.40. The van der Waals surface area contributed by atoms with Crippen molar-refractivity contribution in [2.75, 3.05) is 37.7 Å². The van der Waals surface area contributed by atoms with Gasteiger partial charge in [0.15, 0.2) is 17.9 Å². The Labute approximate surface area is 491 Å². The van der Waals surface area contributed by atoms with E-state index in [1.165, 1.54) is 0 Å². The molecule has 0 aliphatic rings. The van der Waals surface area contributed by atoms with Crippen LogP contribution in [0.25, 0.3) is 0 Å². The molecule has 0 aromatic rings. The molecule has 30 nitrogen and oxygen atoms in total. The molecule has 0 rings (SSSR count). The summed E-state index contributed by atoms with van der Waals surface area (Å²) in [6, 6.07) is -11.3. The Morgan fingerprint density at radius 2 is 0.780 bits per heavy atom. The van der Waals surface area contributed by atoms with Crippen LogP contribution in [-0.2, 0) is 47.9 Å². The predicted molar refractivity (Wildman–Crippen MR) is 319 cm³/mol. The van der Waals surface area contributed by atoms with E-state index in [1.807, 2.05) is 0 Å². The second-order valence-electron chi connectivity index (χ2n) is 21.1. The maximum atomic E-state index is 14.3. The van der Waals surface area contributed by atoms with Gasteiger partial charge in [-0.1, -0.05) is 61.8 Å². The van der Waals surface area contributed by atoms with Gasteiger partial charge in [-0.2, -0.15) is 25.3 Å². The summed E-state index contributed by atoms with van der Waals surface area (Å²) in [5, 5.41) is 32.8. The molecular weight excluding hydrogens is 1110 g/mol. The smallest absolute Gasteiger partial charge is 0.326 e. The molecule has 0 unspecified atom stereocenters. The van der Waals surface area contributed by atoms with Crippen LogP contribution in [0.2, 0.25) is 0 Å². The number of carboxylic acid groups (broad SMARTS) is 1. The zero-order chi connectivity index (χ0) is 62.8. The van der Waals surface area contributed by atoms with E-state index < -0.39 is 126 Å². The second kappa shape index (κ2) is 40.4.